The Balaban J connectivity index is 0.836. The maximum atomic E-state index is 13.9. The zero-order chi connectivity index (χ0) is 61.7. The normalized spacial score (nSPS) is 15.8. The third-order valence-electron chi connectivity index (χ3n) is 16.7. The number of unbranched alkanes of at least 4 members (excludes halogenated alkanes) is 12. The lowest BCUT2D eigenvalue weighted by molar-refractivity contribution is -0.138. The molecule has 462 valence electrons. The molecule has 5 aromatic carbocycles. The minimum atomic E-state index is -4.70. The van der Waals surface area contributed by atoms with Gasteiger partial charge in [-0.2, -0.15) is 39.5 Å². The molecule has 0 radical (unpaired) electrons. The standard InChI is InChI=1S/C66H72ClF9N3O6P/c1-2-3-4-5-6-7-8-9-10-11-13-17-59(80)77-49-25-33-54(57(67)40-49)56-42-62(83)85-58-41-50(26-34-55(56)58)84-43-61(82)79-38-36-63(45-79)35-16-37-78(44-63)60(81)18-14-12-15-39-86(51-27-19-46(20-28-51)64(68,69)70,52-29-21-47(22-30-52)65(71,72)73)53-31-23-48(24-32-53)66(74,75)76/h19-34,40-42H,2-18,35-39,43-45H2,1H3/p+1. The van der Waals surface area contributed by atoms with E-state index in [4.69, 9.17) is 20.8 Å². The van der Waals surface area contributed by atoms with Crippen LogP contribution in [0.15, 0.2) is 124 Å². The largest absolute Gasteiger partial charge is 0.484 e. The number of alkyl halides is 9. The molecule has 0 aliphatic carbocycles. The van der Waals surface area contributed by atoms with Crippen LogP contribution in [0.4, 0.5) is 45.2 Å². The number of nitrogens with one attached hydrogen (secondary N) is 1. The first-order valence-corrected chi connectivity index (χ1v) is 32.1. The summed E-state index contributed by atoms with van der Waals surface area (Å²) in [5.74, 6) is -0.168. The van der Waals surface area contributed by atoms with Crippen LogP contribution in [0.2, 0.25) is 5.02 Å². The molecule has 0 saturated carbocycles. The SMILES string of the molecule is CCCCCCCCCCCCCC(=O)Nc1ccc(-c2cc(=O)oc3cc(OCC(=O)N4CCC5(CCCN(C(=O)CCCCC[P+](c6ccc(C(F)(F)F)cc6)(c6ccc(C(F)(F)F)cc6)c6ccc(C(F)(F)F)cc6)C5)C4)ccc23)c(Cl)c1. The van der Waals surface area contributed by atoms with Crippen molar-refractivity contribution < 1.29 is 63.1 Å². The van der Waals surface area contributed by atoms with Crippen LogP contribution in [0.3, 0.4) is 0 Å². The lowest BCUT2D eigenvalue weighted by atomic mass is 9.79. The van der Waals surface area contributed by atoms with Gasteiger partial charge >= 0.3 is 24.2 Å². The summed E-state index contributed by atoms with van der Waals surface area (Å²) in [5.41, 5.74) is -2.04. The maximum absolute atomic E-state index is 13.9. The summed E-state index contributed by atoms with van der Waals surface area (Å²) in [6, 6.07) is 24.1. The lowest BCUT2D eigenvalue weighted by Gasteiger charge is -2.40. The molecule has 20 heteroatoms. The molecule has 1 atom stereocenters. The van der Waals surface area contributed by atoms with E-state index in [0.717, 1.165) is 62.1 Å². The van der Waals surface area contributed by atoms with Gasteiger partial charge in [-0.1, -0.05) is 88.8 Å². The van der Waals surface area contributed by atoms with Crippen molar-refractivity contribution in [1.82, 2.24) is 9.80 Å². The van der Waals surface area contributed by atoms with Gasteiger partial charge in [0.2, 0.25) is 11.8 Å². The van der Waals surface area contributed by atoms with E-state index in [1.54, 1.807) is 40.1 Å². The molecule has 2 fully saturated rings. The predicted molar refractivity (Wildman–Crippen MR) is 321 cm³/mol. The summed E-state index contributed by atoms with van der Waals surface area (Å²) in [4.78, 5) is 56.7. The van der Waals surface area contributed by atoms with Crippen molar-refractivity contribution in [2.24, 2.45) is 5.41 Å². The van der Waals surface area contributed by atoms with Gasteiger partial charge in [0.05, 0.1) is 27.9 Å². The first kappa shape index (κ1) is 65.6. The van der Waals surface area contributed by atoms with Crippen molar-refractivity contribution in [2.45, 2.75) is 147 Å². The number of hydrogen-bond acceptors (Lipinski definition) is 6. The van der Waals surface area contributed by atoms with Crippen LogP contribution in [-0.2, 0) is 32.9 Å². The predicted octanol–water partition coefficient (Wildman–Crippen LogP) is 16.6. The van der Waals surface area contributed by atoms with Crippen LogP contribution in [0.5, 0.6) is 5.75 Å². The second-order valence-corrected chi connectivity index (χ2v) is 26.9. The lowest BCUT2D eigenvalue weighted by Crippen LogP contribution is -2.48. The maximum Gasteiger partial charge on any atom is 0.416 e. The number of carbonyl (C=O) groups excluding carboxylic acids is 3. The smallest absolute Gasteiger partial charge is 0.416 e. The molecule has 2 aliphatic rings. The topological polar surface area (TPSA) is 109 Å². The summed E-state index contributed by atoms with van der Waals surface area (Å²) < 4.78 is 136. The highest BCUT2D eigenvalue weighted by Gasteiger charge is 2.47. The Hall–Kier alpha value is -6.39. The Morgan fingerprint density at radius 3 is 1.63 bits per heavy atom. The number of likely N-dealkylation sites (tertiary alicyclic amines) is 2. The van der Waals surface area contributed by atoms with E-state index in [2.05, 4.69) is 12.2 Å². The van der Waals surface area contributed by atoms with E-state index in [9.17, 15) is 58.7 Å². The van der Waals surface area contributed by atoms with Gasteiger partial charge in [-0.3, -0.25) is 14.4 Å². The molecule has 3 heterocycles. The zero-order valence-corrected chi connectivity index (χ0v) is 49.9. The summed E-state index contributed by atoms with van der Waals surface area (Å²) in [6.45, 7) is 3.71. The zero-order valence-electron chi connectivity index (χ0n) is 48.2. The second-order valence-electron chi connectivity index (χ2n) is 22.9. The average molecular weight is 1240 g/mol. The molecule has 1 spiro atoms. The number of benzene rings is 5. The molecule has 0 bridgehead atoms. The van der Waals surface area contributed by atoms with Crippen LogP contribution in [-0.4, -0.2) is 66.5 Å². The monoisotopic (exact) mass is 1240 g/mol. The molecule has 86 heavy (non-hydrogen) atoms. The number of hydrogen-bond donors (Lipinski definition) is 1. The van der Waals surface area contributed by atoms with Gasteiger partial charge in [0.25, 0.3) is 5.91 Å². The summed E-state index contributed by atoms with van der Waals surface area (Å²) in [7, 11) is -3.22. The molecule has 9 nitrogen and oxygen atoms in total. The number of fused-ring (bicyclic) bond motifs is 1. The highest BCUT2D eigenvalue weighted by Crippen LogP contribution is 2.57. The number of piperidine rings is 1. The first-order valence-electron chi connectivity index (χ1n) is 29.8. The highest BCUT2D eigenvalue weighted by molar-refractivity contribution is 7.95. The Morgan fingerprint density at radius 1 is 0.581 bits per heavy atom. The molecule has 2 saturated heterocycles. The third kappa shape index (κ3) is 17.0. The Bertz CT molecular complexity index is 3180. The fourth-order valence-corrected chi connectivity index (χ4v) is 16.7. The molecular weight excluding hydrogens is 1170 g/mol. The van der Waals surface area contributed by atoms with E-state index < -0.39 is 48.1 Å². The molecule has 6 aromatic rings. The van der Waals surface area contributed by atoms with Gasteiger partial charge in [0, 0.05) is 78.8 Å². The fraction of sp³-hybridized carbons (Fsp3) is 0.455. The number of halogens is 10. The molecule has 1 aromatic heterocycles. The molecule has 3 amide bonds. The van der Waals surface area contributed by atoms with Crippen molar-refractivity contribution in [2.75, 3.05) is 44.3 Å². The van der Waals surface area contributed by atoms with E-state index >= 15 is 0 Å². The van der Waals surface area contributed by atoms with Crippen LogP contribution in [0, 0.1) is 5.41 Å². The fourth-order valence-electron chi connectivity index (χ4n) is 12.1. The van der Waals surface area contributed by atoms with Gasteiger partial charge in [-0.15, -0.1) is 0 Å². The molecular formula is C66H73ClF9N3O6P+. The Morgan fingerprint density at radius 2 is 1.09 bits per heavy atom. The third-order valence-corrected chi connectivity index (χ3v) is 21.6. The van der Waals surface area contributed by atoms with Gasteiger partial charge < -0.3 is 24.3 Å². The number of rotatable bonds is 26. The van der Waals surface area contributed by atoms with Gasteiger partial charge in [-0.25, -0.2) is 4.79 Å². The number of ether oxygens (including phenoxy) is 1. The van der Waals surface area contributed by atoms with Gasteiger partial charge in [0.1, 0.15) is 34.5 Å². The van der Waals surface area contributed by atoms with Crippen LogP contribution in [0.25, 0.3) is 22.1 Å². The van der Waals surface area contributed by atoms with Crippen LogP contribution in [0.1, 0.15) is 146 Å². The van der Waals surface area contributed by atoms with Crippen molar-refractivity contribution in [3.05, 3.63) is 147 Å². The molecule has 8 rings (SSSR count). The van der Waals surface area contributed by atoms with E-state index in [1.165, 1.54) is 99.9 Å². The van der Waals surface area contributed by atoms with Crippen molar-refractivity contribution in [1.29, 1.82) is 0 Å². The highest BCUT2D eigenvalue weighted by atomic mass is 35.5. The van der Waals surface area contributed by atoms with Crippen molar-refractivity contribution in [3.63, 3.8) is 0 Å². The molecule has 1 unspecified atom stereocenters. The number of amides is 3. The summed E-state index contributed by atoms with van der Waals surface area (Å²) in [6.07, 6.45) is 3.02. The van der Waals surface area contributed by atoms with E-state index in [1.807, 2.05) is 0 Å². The van der Waals surface area contributed by atoms with Crippen molar-refractivity contribution in [3.8, 4) is 16.9 Å². The number of carbonyl (C=O) groups is 3. The van der Waals surface area contributed by atoms with E-state index in [0.29, 0.717) is 114 Å². The number of anilines is 1. The van der Waals surface area contributed by atoms with E-state index in [-0.39, 0.29) is 47.9 Å². The Labute approximate surface area is 501 Å². The second kappa shape index (κ2) is 29.1. The minimum Gasteiger partial charge on any atom is -0.484 e. The van der Waals surface area contributed by atoms with Crippen LogP contribution >= 0.6 is 18.9 Å². The summed E-state index contributed by atoms with van der Waals surface area (Å²) >= 11 is 6.77. The summed E-state index contributed by atoms with van der Waals surface area (Å²) in [5, 5.41) is 4.85. The first-order chi connectivity index (χ1) is 41.0. The molecule has 2 aliphatic heterocycles. The average Bonchev–Trinajstić information content (AvgIpc) is 1.01. The Kier molecular flexibility index (Phi) is 22.2. The minimum absolute atomic E-state index is 0.0933. The number of nitrogens with zero attached hydrogens (tertiary/aromatic N) is 2. The van der Waals surface area contributed by atoms with Gasteiger partial charge in [-0.05, 0) is 142 Å². The van der Waals surface area contributed by atoms with Gasteiger partial charge in [0.15, 0.2) is 6.61 Å². The quantitative estimate of drug-likeness (QED) is 0.0251. The van der Waals surface area contributed by atoms with Crippen LogP contribution < -0.4 is 31.6 Å². The van der Waals surface area contributed by atoms with Crippen molar-refractivity contribution >= 4 is 69.2 Å². The molecule has 1 N–H and O–H groups in total.